The lowest BCUT2D eigenvalue weighted by Gasteiger charge is -2.29. The van der Waals surface area contributed by atoms with Crippen molar-refractivity contribution in [2.24, 2.45) is 0 Å². The molecule has 2 aromatic rings. The number of carbonyl (C=O) groups is 1. The molecule has 1 aliphatic rings. The average molecular weight is 392 g/mol. The Balaban J connectivity index is 1.85. The maximum absolute atomic E-state index is 12.2. The van der Waals surface area contributed by atoms with Crippen LogP contribution in [0.15, 0.2) is 52.2 Å². The molecule has 0 spiro atoms. The molecular formula is C18H20N2O8. The highest BCUT2D eigenvalue weighted by atomic mass is 16.6. The zero-order valence-corrected chi connectivity index (χ0v) is 15.0. The monoisotopic (exact) mass is 392 g/mol. The summed E-state index contributed by atoms with van der Waals surface area (Å²) in [5.74, 6) is -0.664. The van der Waals surface area contributed by atoms with Gasteiger partial charge in [0.25, 0.3) is 5.56 Å². The minimum absolute atomic E-state index is 0.291. The number of aromatic amines is 1. The maximum atomic E-state index is 12.2. The van der Waals surface area contributed by atoms with E-state index < -0.39 is 54.5 Å². The first-order valence-corrected chi connectivity index (χ1v) is 8.45. The predicted molar refractivity (Wildman–Crippen MR) is 94.8 cm³/mol. The van der Waals surface area contributed by atoms with Gasteiger partial charge in [-0.2, -0.15) is 0 Å². The van der Waals surface area contributed by atoms with E-state index in [0.717, 1.165) is 10.6 Å². The molecule has 0 bridgehead atoms. The molecule has 150 valence electrons. The molecule has 2 unspecified atom stereocenters. The van der Waals surface area contributed by atoms with E-state index in [1.165, 1.54) is 13.3 Å². The minimum Gasteiger partial charge on any atom is -0.459 e. The molecule has 0 radical (unpaired) electrons. The molecule has 1 saturated heterocycles. The molecule has 3 rings (SSSR count). The van der Waals surface area contributed by atoms with Gasteiger partial charge in [-0.05, 0) is 12.1 Å². The number of rotatable bonds is 6. The number of H-pyrrole nitrogens is 1. The number of ether oxygens (including phenoxy) is 3. The molecule has 1 aromatic carbocycles. The van der Waals surface area contributed by atoms with Crippen molar-refractivity contribution in [2.75, 3.05) is 20.3 Å². The minimum atomic E-state index is -1.72. The lowest BCUT2D eigenvalue weighted by molar-refractivity contribution is -0.152. The Hall–Kier alpha value is -2.79. The summed E-state index contributed by atoms with van der Waals surface area (Å²) >= 11 is 0. The first kappa shape index (κ1) is 20.0. The lowest BCUT2D eigenvalue weighted by atomic mass is 9.97. The zero-order valence-electron chi connectivity index (χ0n) is 15.0. The maximum Gasteiger partial charge on any atom is 0.338 e. The molecule has 1 aromatic heterocycles. The van der Waals surface area contributed by atoms with Crippen LogP contribution < -0.4 is 11.2 Å². The van der Waals surface area contributed by atoms with Crippen LogP contribution in [0.4, 0.5) is 0 Å². The molecule has 1 aliphatic heterocycles. The van der Waals surface area contributed by atoms with E-state index in [1.54, 1.807) is 30.3 Å². The Morgan fingerprint density at radius 2 is 2.00 bits per heavy atom. The van der Waals surface area contributed by atoms with Gasteiger partial charge in [0, 0.05) is 19.4 Å². The molecule has 1 fully saturated rings. The number of nitrogens with zero attached hydrogens (tertiary/aromatic N) is 1. The third-order valence-electron chi connectivity index (χ3n) is 4.61. The van der Waals surface area contributed by atoms with E-state index in [9.17, 15) is 24.6 Å². The van der Waals surface area contributed by atoms with Crippen LogP contribution in [0.5, 0.6) is 0 Å². The van der Waals surface area contributed by atoms with Crippen molar-refractivity contribution in [3.63, 3.8) is 0 Å². The average Bonchev–Trinajstić information content (AvgIpc) is 2.98. The SMILES string of the molecule is COC1C(n2ccc(=O)[nH]c2=O)O[C@@](CO)(COC(=O)c2ccccc2)[C@@H]1O. The number of hydrogen-bond acceptors (Lipinski definition) is 8. The van der Waals surface area contributed by atoms with Crippen LogP contribution in [-0.4, -0.2) is 63.9 Å². The van der Waals surface area contributed by atoms with Gasteiger partial charge in [-0.3, -0.25) is 14.3 Å². The first-order valence-electron chi connectivity index (χ1n) is 8.45. The molecule has 0 amide bonds. The van der Waals surface area contributed by atoms with Gasteiger partial charge in [-0.1, -0.05) is 18.2 Å². The molecule has 10 heteroatoms. The highest BCUT2D eigenvalue weighted by molar-refractivity contribution is 5.89. The summed E-state index contributed by atoms with van der Waals surface area (Å²) in [6.07, 6.45) is -2.46. The normalized spacial score (nSPS) is 26.9. The molecule has 28 heavy (non-hydrogen) atoms. The van der Waals surface area contributed by atoms with Gasteiger partial charge in [-0.15, -0.1) is 0 Å². The van der Waals surface area contributed by atoms with E-state index in [2.05, 4.69) is 4.98 Å². The Labute approximate surface area is 158 Å². The van der Waals surface area contributed by atoms with Crippen LogP contribution in [0.25, 0.3) is 0 Å². The van der Waals surface area contributed by atoms with Gasteiger partial charge < -0.3 is 24.4 Å². The third-order valence-corrected chi connectivity index (χ3v) is 4.61. The zero-order chi connectivity index (χ0) is 20.3. The van der Waals surface area contributed by atoms with Crippen molar-refractivity contribution < 1.29 is 29.2 Å². The molecule has 10 nitrogen and oxygen atoms in total. The summed E-state index contributed by atoms with van der Waals surface area (Å²) in [5.41, 5.74) is -2.80. The summed E-state index contributed by atoms with van der Waals surface area (Å²) in [4.78, 5) is 37.6. The van der Waals surface area contributed by atoms with Gasteiger partial charge in [0.1, 0.15) is 18.8 Å². The van der Waals surface area contributed by atoms with Crippen molar-refractivity contribution >= 4 is 5.97 Å². The number of carbonyl (C=O) groups excluding carboxylic acids is 1. The quantitative estimate of drug-likeness (QED) is 0.534. The fourth-order valence-corrected chi connectivity index (χ4v) is 3.06. The van der Waals surface area contributed by atoms with E-state index in [4.69, 9.17) is 14.2 Å². The van der Waals surface area contributed by atoms with Gasteiger partial charge in [0.15, 0.2) is 11.8 Å². The van der Waals surface area contributed by atoms with Crippen molar-refractivity contribution in [1.82, 2.24) is 9.55 Å². The van der Waals surface area contributed by atoms with Gasteiger partial charge in [0.05, 0.1) is 12.2 Å². The van der Waals surface area contributed by atoms with Crippen LogP contribution >= 0.6 is 0 Å². The lowest BCUT2D eigenvalue weighted by Crippen LogP contribution is -2.50. The molecular weight excluding hydrogens is 372 g/mol. The van der Waals surface area contributed by atoms with E-state index in [0.29, 0.717) is 5.56 Å². The second-order valence-electron chi connectivity index (χ2n) is 6.34. The van der Waals surface area contributed by atoms with Gasteiger partial charge in [-0.25, -0.2) is 9.59 Å². The van der Waals surface area contributed by atoms with E-state index in [1.807, 2.05) is 0 Å². The van der Waals surface area contributed by atoms with Crippen molar-refractivity contribution in [3.05, 3.63) is 69.0 Å². The van der Waals surface area contributed by atoms with Crippen LogP contribution in [-0.2, 0) is 14.2 Å². The van der Waals surface area contributed by atoms with Crippen molar-refractivity contribution in [3.8, 4) is 0 Å². The second-order valence-corrected chi connectivity index (χ2v) is 6.34. The molecule has 0 saturated carbocycles. The summed E-state index contributed by atoms with van der Waals surface area (Å²) in [6, 6.07) is 9.29. The highest BCUT2D eigenvalue weighted by Crippen LogP contribution is 2.38. The number of aliphatic hydroxyl groups is 2. The number of nitrogens with one attached hydrogen (secondary N) is 1. The first-order chi connectivity index (χ1) is 13.4. The van der Waals surface area contributed by atoms with Gasteiger partial charge >= 0.3 is 11.7 Å². The van der Waals surface area contributed by atoms with E-state index in [-0.39, 0.29) is 0 Å². The number of methoxy groups -OCH3 is 1. The Bertz CT molecular complexity index is 940. The highest BCUT2D eigenvalue weighted by Gasteiger charge is 2.56. The molecule has 0 aliphatic carbocycles. The summed E-state index contributed by atoms with van der Waals surface area (Å²) in [7, 11) is 1.30. The predicted octanol–water partition coefficient (Wildman–Crippen LogP) is -0.971. The van der Waals surface area contributed by atoms with Gasteiger partial charge in [0.2, 0.25) is 0 Å². The largest absolute Gasteiger partial charge is 0.459 e. The number of aliphatic hydroxyl groups excluding tert-OH is 2. The van der Waals surface area contributed by atoms with Crippen molar-refractivity contribution in [2.45, 2.75) is 24.0 Å². The standard InChI is InChI=1S/C18H20N2O8/c1-26-13-14(23)18(9-21,10-27-16(24)11-5-3-2-4-6-11)28-15(13)20-8-7-12(22)19-17(20)25/h2-8,13-15,21,23H,9-10H2,1H3,(H,19,22,25)/t13?,14-,15?,18+/m1/s1. The van der Waals surface area contributed by atoms with Crippen LogP contribution in [0, 0.1) is 0 Å². The molecule has 3 N–H and O–H groups in total. The fourth-order valence-electron chi connectivity index (χ4n) is 3.06. The van der Waals surface area contributed by atoms with E-state index >= 15 is 0 Å². The summed E-state index contributed by atoms with van der Waals surface area (Å²) < 4.78 is 17.2. The fraction of sp³-hybridized carbons (Fsp3) is 0.389. The number of benzene rings is 1. The number of aromatic nitrogens is 2. The number of esters is 1. The Morgan fingerprint density at radius 3 is 2.61 bits per heavy atom. The van der Waals surface area contributed by atoms with Crippen LogP contribution in [0.1, 0.15) is 16.6 Å². The van der Waals surface area contributed by atoms with Crippen LogP contribution in [0.3, 0.4) is 0 Å². The number of hydrogen-bond donors (Lipinski definition) is 3. The molecule has 2 heterocycles. The Kier molecular flexibility index (Phi) is 5.75. The summed E-state index contributed by atoms with van der Waals surface area (Å²) in [6.45, 7) is -1.18. The topological polar surface area (TPSA) is 140 Å². The smallest absolute Gasteiger partial charge is 0.338 e. The third kappa shape index (κ3) is 3.62. The molecule has 4 atom stereocenters. The van der Waals surface area contributed by atoms with Crippen LogP contribution in [0.2, 0.25) is 0 Å². The Morgan fingerprint density at radius 1 is 1.29 bits per heavy atom. The second kappa shape index (κ2) is 8.07. The summed E-state index contributed by atoms with van der Waals surface area (Å²) in [5, 5.41) is 20.6. The van der Waals surface area contributed by atoms with Crippen molar-refractivity contribution in [1.29, 1.82) is 0 Å².